The molecule has 92 valence electrons. The Labute approximate surface area is 108 Å². The summed E-state index contributed by atoms with van der Waals surface area (Å²) in [5.41, 5.74) is 3.00. The van der Waals surface area contributed by atoms with Gasteiger partial charge in [-0.05, 0) is 55.9 Å². The molecule has 1 aromatic rings. The Morgan fingerprint density at radius 2 is 1.88 bits per heavy atom. The van der Waals surface area contributed by atoms with Crippen molar-refractivity contribution in [1.29, 1.82) is 0 Å². The molecule has 1 saturated carbocycles. The summed E-state index contributed by atoms with van der Waals surface area (Å²) in [4.78, 5) is 12.5. The van der Waals surface area contributed by atoms with E-state index in [0.29, 0.717) is 16.5 Å². The van der Waals surface area contributed by atoms with Crippen LogP contribution in [0.5, 0.6) is 0 Å². The molecule has 0 N–H and O–H groups in total. The maximum atomic E-state index is 12.5. The van der Waals surface area contributed by atoms with Gasteiger partial charge in [0.2, 0.25) is 0 Å². The van der Waals surface area contributed by atoms with Crippen molar-refractivity contribution in [3.8, 4) is 0 Å². The van der Waals surface area contributed by atoms with Crippen LogP contribution in [0.1, 0.15) is 47.7 Å². The summed E-state index contributed by atoms with van der Waals surface area (Å²) in [6.45, 7) is 6.22. The highest BCUT2D eigenvalue weighted by atomic mass is 35.5. The molecule has 1 aromatic carbocycles. The van der Waals surface area contributed by atoms with E-state index >= 15 is 0 Å². The van der Waals surface area contributed by atoms with Crippen molar-refractivity contribution in [2.75, 3.05) is 0 Å². The lowest BCUT2D eigenvalue weighted by Gasteiger charge is -2.16. The standard InChI is InChI=1S/C15H19ClO/c1-9-5-4-6-12(9)15(17)13-7-10(2)11(3)8-14(13)16/h7-9,12H,4-6H2,1-3H3. The lowest BCUT2D eigenvalue weighted by atomic mass is 9.88. The molecule has 0 aromatic heterocycles. The predicted octanol–water partition coefficient (Wildman–Crippen LogP) is 4.58. The number of hydrogen-bond acceptors (Lipinski definition) is 1. The molecule has 1 aliphatic carbocycles. The van der Waals surface area contributed by atoms with Gasteiger partial charge in [-0.15, -0.1) is 0 Å². The van der Waals surface area contributed by atoms with Gasteiger partial charge in [-0.25, -0.2) is 0 Å². The Kier molecular flexibility index (Phi) is 3.58. The third-order valence-electron chi connectivity index (χ3n) is 4.05. The molecule has 2 heteroatoms. The highest BCUT2D eigenvalue weighted by Crippen LogP contribution is 2.35. The molecule has 0 spiro atoms. The molecule has 17 heavy (non-hydrogen) atoms. The van der Waals surface area contributed by atoms with Crippen molar-refractivity contribution in [3.05, 3.63) is 33.8 Å². The van der Waals surface area contributed by atoms with Crippen molar-refractivity contribution in [2.45, 2.75) is 40.0 Å². The van der Waals surface area contributed by atoms with Gasteiger partial charge in [0.1, 0.15) is 0 Å². The minimum Gasteiger partial charge on any atom is -0.294 e. The fraction of sp³-hybridized carbons (Fsp3) is 0.533. The van der Waals surface area contributed by atoms with Crippen LogP contribution in [0.25, 0.3) is 0 Å². The van der Waals surface area contributed by atoms with Gasteiger partial charge in [0.05, 0.1) is 5.02 Å². The highest BCUT2D eigenvalue weighted by Gasteiger charge is 2.31. The van der Waals surface area contributed by atoms with Gasteiger partial charge < -0.3 is 0 Å². The molecule has 1 nitrogen and oxygen atoms in total. The van der Waals surface area contributed by atoms with E-state index in [1.807, 2.05) is 26.0 Å². The molecule has 2 atom stereocenters. The van der Waals surface area contributed by atoms with Crippen LogP contribution in [0.2, 0.25) is 5.02 Å². The van der Waals surface area contributed by atoms with Crippen LogP contribution in [0.3, 0.4) is 0 Å². The van der Waals surface area contributed by atoms with Crippen LogP contribution in [0.4, 0.5) is 0 Å². The molecule has 0 aliphatic heterocycles. The third kappa shape index (κ3) is 2.40. The monoisotopic (exact) mass is 250 g/mol. The second-order valence-electron chi connectivity index (χ2n) is 5.30. The number of hydrogen-bond donors (Lipinski definition) is 0. The van der Waals surface area contributed by atoms with Gasteiger partial charge in [-0.2, -0.15) is 0 Å². The van der Waals surface area contributed by atoms with Gasteiger partial charge in [0.15, 0.2) is 5.78 Å². The van der Waals surface area contributed by atoms with Crippen LogP contribution in [-0.2, 0) is 0 Å². The number of Topliss-reactive ketones (excluding diaryl/α,β-unsaturated/α-hetero) is 1. The first-order valence-corrected chi connectivity index (χ1v) is 6.69. The molecule has 0 radical (unpaired) electrons. The van der Waals surface area contributed by atoms with Crippen LogP contribution in [0.15, 0.2) is 12.1 Å². The fourth-order valence-corrected chi connectivity index (χ4v) is 3.02. The van der Waals surface area contributed by atoms with E-state index in [4.69, 9.17) is 11.6 Å². The summed E-state index contributed by atoms with van der Waals surface area (Å²) in [6.07, 6.45) is 3.35. The van der Waals surface area contributed by atoms with E-state index in [1.165, 1.54) is 12.8 Å². The number of ketones is 1. The SMILES string of the molecule is Cc1cc(Cl)c(C(=O)C2CCCC2C)cc1C. The Bertz CT molecular complexity index is 450. The topological polar surface area (TPSA) is 17.1 Å². The quantitative estimate of drug-likeness (QED) is 0.703. The maximum Gasteiger partial charge on any atom is 0.167 e. The zero-order chi connectivity index (χ0) is 12.6. The molecular formula is C15H19ClO. The van der Waals surface area contributed by atoms with Crippen molar-refractivity contribution >= 4 is 17.4 Å². The molecule has 1 aliphatic rings. The second-order valence-corrected chi connectivity index (χ2v) is 5.70. The summed E-state index contributed by atoms with van der Waals surface area (Å²) in [5.74, 6) is 0.915. The van der Waals surface area contributed by atoms with Gasteiger partial charge in [-0.3, -0.25) is 4.79 Å². The first kappa shape index (κ1) is 12.6. The smallest absolute Gasteiger partial charge is 0.167 e. The first-order chi connectivity index (χ1) is 8.00. The van der Waals surface area contributed by atoms with Gasteiger partial charge in [-0.1, -0.05) is 24.9 Å². The van der Waals surface area contributed by atoms with E-state index < -0.39 is 0 Å². The van der Waals surface area contributed by atoms with E-state index in [0.717, 1.165) is 17.5 Å². The van der Waals surface area contributed by atoms with Gasteiger partial charge in [0, 0.05) is 11.5 Å². The number of rotatable bonds is 2. The molecular weight excluding hydrogens is 232 g/mol. The summed E-state index contributed by atoms with van der Waals surface area (Å²) >= 11 is 6.20. The first-order valence-electron chi connectivity index (χ1n) is 6.31. The zero-order valence-corrected chi connectivity index (χ0v) is 11.5. The van der Waals surface area contributed by atoms with Crippen molar-refractivity contribution in [1.82, 2.24) is 0 Å². The lowest BCUT2D eigenvalue weighted by Crippen LogP contribution is -2.17. The van der Waals surface area contributed by atoms with Crippen LogP contribution in [0, 0.1) is 25.7 Å². The molecule has 2 rings (SSSR count). The predicted molar refractivity (Wildman–Crippen MR) is 71.8 cm³/mol. The Hall–Kier alpha value is -0.820. The largest absolute Gasteiger partial charge is 0.294 e. The molecule has 2 unspecified atom stereocenters. The molecule has 1 fully saturated rings. The molecule has 0 saturated heterocycles. The Balaban J connectivity index is 2.34. The Morgan fingerprint density at radius 1 is 1.24 bits per heavy atom. The van der Waals surface area contributed by atoms with Crippen molar-refractivity contribution < 1.29 is 4.79 Å². The molecule has 0 bridgehead atoms. The van der Waals surface area contributed by atoms with E-state index in [9.17, 15) is 4.79 Å². The normalized spacial score (nSPS) is 24.0. The summed E-state index contributed by atoms with van der Waals surface area (Å²) in [6, 6.07) is 3.86. The van der Waals surface area contributed by atoms with Crippen molar-refractivity contribution in [3.63, 3.8) is 0 Å². The number of carbonyl (C=O) groups is 1. The highest BCUT2D eigenvalue weighted by molar-refractivity contribution is 6.34. The third-order valence-corrected chi connectivity index (χ3v) is 4.36. The van der Waals surface area contributed by atoms with Gasteiger partial charge >= 0.3 is 0 Å². The molecule has 0 heterocycles. The number of halogens is 1. The average molecular weight is 251 g/mol. The zero-order valence-electron chi connectivity index (χ0n) is 10.7. The average Bonchev–Trinajstić information content (AvgIpc) is 2.69. The second kappa shape index (κ2) is 4.81. The molecule has 0 amide bonds. The summed E-state index contributed by atoms with van der Waals surface area (Å²) in [5, 5.41) is 0.609. The number of carbonyl (C=O) groups excluding carboxylic acids is 1. The van der Waals surface area contributed by atoms with Crippen LogP contribution in [-0.4, -0.2) is 5.78 Å². The van der Waals surface area contributed by atoms with Crippen LogP contribution >= 0.6 is 11.6 Å². The lowest BCUT2D eigenvalue weighted by molar-refractivity contribution is 0.0897. The minimum atomic E-state index is 0.176. The summed E-state index contributed by atoms with van der Waals surface area (Å²) in [7, 11) is 0. The van der Waals surface area contributed by atoms with E-state index in [1.54, 1.807) is 0 Å². The van der Waals surface area contributed by atoms with Crippen molar-refractivity contribution in [2.24, 2.45) is 11.8 Å². The number of aryl methyl sites for hydroxylation is 2. The number of benzene rings is 1. The fourth-order valence-electron chi connectivity index (χ4n) is 2.70. The minimum absolute atomic E-state index is 0.176. The van der Waals surface area contributed by atoms with Crippen LogP contribution < -0.4 is 0 Å². The van der Waals surface area contributed by atoms with E-state index in [2.05, 4.69) is 6.92 Å². The maximum absolute atomic E-state index is 12.5. The van der Waals surface area contributed by atoms with Gasteiger partial charge in [0.25, 0.3) is 0 Å². The van der Waals surface area contributed by atoms with E-state index in [-0.39, 0.29) is 11.7 Å². The summed E-state index contributed by atoms with van der Waals surface area (Å²) < 4.78 is 0. The Morgan fingerprint density at radius 3 is 2.47 bits per heavy atom.